The number of nitrogens with zero attached hydrogens (tertiary/aromatic N) is 1. The van der Waals surface area contributed by atoms with E-state index in [0.29, 0.717) is 6.42 Å². The van der Waals surface area contributed by atoms with Gasteiger partial charge in [-0.15, -0.1) is 0 Å². The van der Waals surface area contributed by atoms with E-state index in [0.717, 1.165) is 24.7 Å². The molecule has 4 nitrogen and oxygen atoms in total. The van der Waals surface area contributed by atoms with Gasteiger partial charge in [0, 0.05) is 10.3 Å². The van der Waals surface area contributed by atoms with Gasteiger partial charge in [-0.25, -0.2) is 0 Å². The van der Waals surface area contributed by atoms with Crippen molar-refractivity contribution >= 4 is 6.29 Å². The SMILES string of the molecule is CCCCCCCCC[C@](C)(C=O)[C@@H](C[N+](=O)[O-])c1ccccc1. The first-order chi connectivity index (χ1) is 11.5. The van der Waals surface area contributed by atoms with Crippen LogP contribution in [0.15, 0.2) is 30.3 Å². The third-order valence-corrected chi connectivity index (χ3v) is 4.92. The molecule has 0 aliphatic rings. The van der Waals surface area contributed by atoms with Gasteiger partial charge < -0.3 is 4.79 Å². The van der Waals surface area contributed by atoms with Crippen molar-refractivity contribution in [3.05, 3.63) is 46.0 Å². The Labute approximate surface area is 145 Å². The summed E-state index contributed by atoms with van der Waals surface area (Å²) in [5.74, 6) is -0.369. The fourth-order valence-corrected chi connectivity index (χ4v) is 3.31. The zero-order valence-corrected chi connectivity index (χ0v) is 15.1. The number of hydrogen-bond acceptors (Lipinski definition) is 3. The molecule has 1 aromatic rings. The highest BCUT2D eigenvalue weighted by molar-refractivity contribution is 5.61. The highest BCUT2D eigenvalue weighted by Gasteiger charge is 2.38. The molecule has 0 radical (unpaired) electrons. The van der Waals surface area contributed by atoms with Crippen molar-refractivity contribution < 1.29 is 9.72 Å². The molecule has 0 aliphatic carbocycles. The molecule has 0 fully saturated rings. The second-order valence-corrected chi connectivity index (χ2v) is 6.97. The average Bonchev–Trinajstić information content (AvgIpc) is 2.59. The fraction of sp³-hybridized carbons (Fsp3) is 0.650. The number of nitro groups is 1. The van der Waals surface area contributed by atoms with Gasteiger partial charge >= 0.3 is 0 Å². The minimum Gasteiger partial charge on any atom is -0.303 e. The highest BCUT2D eigenvalue weighted by Crippen LogP contribution is 2.38. The maximum Gasteiger partial charge on any atom is 0.211 e. The molecule has 0 unspecified atom stereocenters. The fourth-order valence-electron chi connectivity index (χ4n) is 3.31. The van der Waals surface area contributed by atoms with Gasteiger partial charge in [0.05, 0.1) is 5.92 Å². The largest absolute Gasteiger partial charge is 0.303 e. The van der Waals surface area contributed by atoms with Gasteiger partial charge in [-0.05, 0) is 12.0 Å². The third-order valence-electron chi connectivity index (χ3n) is 4.92. The van der Waals surface area contributed by atoms with E-state index >= 15 is 0 Å². The molecule has 0 heterocycles. The van der Waals surface area contributed by atoms with Crippen LogP contribution in [-0.2, 0) is 4.79 Å². The molecular weight excluding hydrogens is 302 g/mol. The van der Waals surface area contributed by atoms with Gasteiger partial charge in [-0.1, -0.05) is 89.1 Å². The van der Waals surface area contributed by atoms with Crippen LogP contribution >= 0.6 is 0 Å². The molecule has 0 saturated heterocycles. The van der Waals surface area contributed by atoms with Crippen molar-refractivity contribution in [1.82, 2.24) is 0 Å². The summed E-state index contributed by atoms with van der Waals surface area (Å²) in [4.78, 5) is 22.6. The Morgan fingerprint density at radius 2 is 1.67 bits per heavy atom. The lowest BCUT2D eigenvalue weighted by molar-refractivity contribution is -0.485. The summed E-state index contributed by atoms with van der Waals surface area (Å²) < 4.78 is 0. The predicted octanol–water partition coefficient (Wildman–Crippen LogP) is 5.39. The van der Waals surface area contributed by atoms with Crippen LogP contribution in [0.3, 0.4) is 0 Å². The molecule has 4 heteroatoms. The Bertz CT molecular complexity index is 489. The summed E-state index contributed by atoms with van der Waals surface area (Å²) >= 11 is 0. The van der Waals surface area contributed by atoms with Crippen molar-refractivity contribution in [1.29, 1.82) is 0 Å². The van der Waals surface area contributed by atoms with Crippen LogP contribution in [0.1, 0.15) is 76.7 Å². The number of unbranched alkanes of at least 4 members (excludes halogenated alkanes) is 6. The summed E-state index contributed by atoms with van der Waals surface area (Å²) in [6.07, 6.45) is 9.89. The normalized spacial score (nSPS) is 14.8. The minimum absolute atomic E-state index is 0.199. The average molecular weight is 333 g/mol. The van der Waals surface area contributed by atoms with E-state index in [9.17, 15) is 14.9 Å². The smallest absolute Gasteiger partial charge is 0.211 e. The van der Waals surface area contributed by atoms with Crippen LogP contribution in [0.2, 0.25) is 0 Å². The lowest BCUT2D eigenvalue weighted by Gasteiger charge is -2.31. The molecule has 2 atom stereocenters. The van der Waals surface area contributed by atoms with Crippen LogP contribution in [0.25, 0.3) is 0 Å². The first-order valence-electron chi connectivity index (χ1n) is 9.16. The molecular formula is C20H31NO3. The van der Waals surface area contributed by atoms with Crippen molar-refractivity contribution in [3.63, 3.8) is 0 Å². The Balaban J connectivity index is 2.66. The molecule has 0 spiro atoms. The molecule has 1 rings (SSSR count). The van der Waals surface area contributed by atoms with Gasteiger partial charge in [0.15, 0.2) is 0 Å². The molecule has 24 heavy (non-hydrogen) atoms. The summed E-state index contributed by atoms with van der Waals surface area (Å²) in [6.45, 7) is 3.88. The van der Waals surface area contributed by atoms with Gasteiger partial charge in [-0.3, -0.25) is 10.1 Å². The molecule has 134 valence electrons. The lowest BCUT2D eigenvalue weighted by atomic mass is 9.71. The first-order valence-corrected chi connectivity index (χ1v) is 9.16. The summed E-state index contributed by atoms with van der Waals surface area (Å²) in [5, 5.41) is 11.1. The van der Waals surface area contributed by atoms with Crippen LogP contribution < -0.4 is 0 Å². The Kier molecular flexibility index (Phi) is 9.28. The Morgan fingerprint density at radius 3 is 2.21 bits per heavy atom. The molecule has 0 saturated carbocycles. The van der Waals surface area contributed by atoms with E-state index in [1.807, 2.05) is 37.3 Å². The number of hydrogen-bond donors (Lipinski definition) is 0. The number of rotatable bonds is 13. The number of carbonyl (C=O) groups is 1. The number of aldehydes is 1. The van der Waals surface area contributed by atoms with E-state index < -0.39 is 5.41 Å². The first kappa shape index (κ1) is 20.3. The van der Waals surface area contributed by atoms with Crippen molar-refractivity contribution in [2.75, 3.05) is 6.54 Å². The quantitative estimate of drug-likeness (QED) is 0.210. The highest BCUT2D eigenvalue weighted by atomic mass is 16.6. The molecule has 0 amide bonds. The monoisotopic (exact) mass is 333 g/mol. The number of carbonyl (C=O) groups excluding carboxylic acids is 1. The van der Waals surface area contributed by atoms with Gasteiger partial charge in [-0.2, -0.15) is 0 Å². The van der Waals surface area contributed by atoms with Crippen LogP contribution in [-0.4, -0.2) is 17.8 Å². The van der Waals surface area contributed by atoms with E-state index in [2.05, 4.69) is 6.92 Å². The van der Waals surface area contributed by atoms with Crippen molar-refractivity contribution in [3.8, 4) is 0 Å². The second-order valence-electron chi connectivity index (χ2n) is 6.97. The van der Waals surface area contributed by atoms with E-state index in [1.54, 1.807) is 0 Å². The maximum absolute atomic E-state index is 11.8. The lowest BCUT2D eigenvalue weighted by Crippen LogP contribution is -2.32. The maximum atomic E-state index is 11.8. The van der Waals surface area contributed by atoms with E-state index in [1.165, 1.54) is 32.1 Å². The van der Waals surface area contributed by atoms with Gasteiger partial charge in [0.25, 0.3) is 0 Å². The summed E-state index contributed by atoms with van der Waals surface area (Å²) in [6, 6.07) is 9.42. The zero-order chi connectivity index (χ0) is 17.8. The third kappa shape index (κ3) is 6.81. The topological polar surface area (TPSA) is 60.2 Å². The van der Waals surface area contributed by atoms with Gasteiger partial charge in [0.1, 0.15) is 6.29 Å². The van der Waals surface area contributed by atoms with E-state index in [4.69, 9.17) is 0 Å². The van der Waals surface area contributed by atoms with Crippen LogP contribution in [0, 0.1) is 15.5 Å². The molecule has 0 aromatic heterocycles. The number of benzene rings is 1. The Morgan fingerprint density at radius 1 is 1.08 bits per heavy atom. The Hall–Kier alpha value is -1.71. The molecule has 0 aliphatic heterocycles. The minimum atomic E-state index is -0.683. The van der Waals surface area contributed by atoms with Crippen molar-refractivity contribution in [2.45, 2.75) is 71.1 Å². The zero-order valence-electron chi connectivity index (χ0n) is 15.1. The second kappa shape index (κ2) is 11.0. The standard InChI is InChI=1S/C20H31NO3/c1-3-4-5-6-7-8-12-15-20(2,17-22)19(16-21(23)24)18-13-10-9-11-14-18/h9-11,13-14,17,19H,3-8,12,15-16H2,1-2H3/t19-,20+/m0/s1. The van der Waals surface area contributed by atoms with E-state index in [-0.39, 0.29) is 17.4 Å². The van der Waals surface area contributed by atoms with Crippen molar-refractivity contribution in [2.24, 2.45) is 5.41 Å². The molecule has 1 aromatic carbocycles. The predicted molar refractivity (Wildman–Crippen MR) is 97.8 cm³/mol. The molecule has 0 bridgehead atoms. The van der Waals surface area contributed by atoms with Crippen LogP contribution in [0.4, 0.5) is 0 Å². The summed E-state index contributed by atoms with van der Waals surface area (Å²) in [5.41, 5.74) is 0.199. The summed E-state index contributed by atoms with van der Waals surface area (Å²) in [7, 11) is 0. The molecule has 0 N–H and O–H groups in total. The van der Waals surface area contributed by atoms with Gasteiger partial charge in [0.2, 0.25) is 6.54 Å². The van der Waals surface area contributed by atoms with Crippen LogP contribution in [0.5, 0.6) is 0 Å².